The fourth-order valence-corrected chi connectivity index (χ4v) is 4.76. The summed E-state index contributed by atoms with van der Waals surface area (Å²) >= 11 is 3.17. The Hall–Kier alpha value is -1.92. The van der Waals surface area contributed by atoms with E-state index in [-0.39, 0.29) is 11.2 Å². The molecule has 6 heteroatoms. The predicted molar refractivity (Wildman–Crippen MR) is 107 cm³/mol. The van der Waals surface area contributed by atoms with E-state index in [1.165, 1.54) is 22.2 Å². The molecule has 1 N–H and O–H groups in total. The van der Waals surface area contributed by atoms with Crippen LogP contribution >= 0.6 is 23.1 Å². The van der Waals surface area contributed by atoms with E-state index in [1.807, 2.05) is 45.0 Å². The van der Waals surface area contributed by atoms with Crippen LogP contribution in [0.1, 0.15) is 28.8 Å². The van der Waals surface area contributed by atoms with Crippen LogP contribution in [0.4, 0.5) is 5.69 Å². The molecule has 2 heterocycles. The number of para-hydroxylation sites is 1. The van der Waals surface area contributed by atoms with Crippen LogP contribution in [-0.2, 0) is 4.79 Å². The summed E-state index contributed by atoms with van der Waals surface area (Å²) in [5, 5.41) is 4.72. The Bertz CT molecular complexity index is 949. The zero-order chi connectivity index (χ0) is 18.1. The average molecular weight is 372 g/mol. The third kappa shape index (κ3) is 3.70. The number of carbonyl (C=O) groups is 1. The van der Waals surface area contributed by atoms with Gasteiger partial charge in [0.2, 0.25) is 5.91 Å². The summed E-state index contributed by atoms with van der Waals surface area (Å²) in [6.45, 7) is 9.99. The number of nitrogens with zero attached hydrogens (tertiary/aromatic N) is 2. The van der Waals surface area contributed by atoms with Crippen molar-refractivity contribution in [3.63, 3.8) is 0 Å². The average Bonchev–Trinajstić information content (AvgIpc) is 2.83. The van der Waals surface area contributed by atoms with Crippen molar-refractivity contribution >= 4 is 44.9 Å². The number of benzene rings is 1. The maximum absolute atomic E-state index is 12.6. The molecule has 0 aliphatic heterocycles. The Balaban J connectivity index is 1.85. The number of hydrogen-bond donors (Lipinski definition) is 1. The Kier molecular flexibility index (Phi) is 5.11. The SMILES string of the molecule is Cc1nc(SC(C)C(=O)Nc2ccccc2C)c2c(C)c(C)sc2n1. The summed E-state index contributed by atoms with van der Waals surface area (Å²) in [7, 11) is 0. The summed E-state index contributed by atoms with van der Waals surface area (Å²) in [4.78, 5) is 24.0. The van der Waals surface area contributed by atoms with Gasteiger partial charge in [-0.1, -0.05) is 30.0 Å². The number of amides is 1. The van der Waals surface area contributed by atoms with Gasteiger partial charge in [0.1, 0.15) is 15.7 Å². The third-order valence-corrected chi connectivity index (χ3v) is 6.36. The molecule has 0 spiro atoms. The highest BCUT2D eigenvalue weighted by molar-refractivity contribution is 8.00. The van der Waals surface area contributed by atoms with E-state index >= 15 is 0 Å². The van der Waals surface area contributed by atoms with E-state index in [1.54, 1.807) is 11.3 Å². The first-order chi connectivity index (χ1) is 11.9. The number of nitrogens with one attached hydrogen (secondary N) is 1. The Morgan fingerprint density at radius 2 is 1.88 bits per heavy atom. The van der Waals surface area contributed by atoms with Gasteiger partial charge in [-0.05, 0) is 51.8 Å². The Labute approximate surface area is 156 Å². The van der Waals surface area contributed by atoms with Crippen LogP contribution in [0.25, 0.3) is 10.2 Å². The number of aryl methyl sites for hydroxylation is 4. The molecule has 0 bridgehead atoms. The summed E-state index contributed by atoms with van der Waals surface area (Å²) in [6.07, 6.45) is 0. The lowest BCUT2D eigenvalue weighted by molar-refractivity contribution is -0.115. The van der Waals surface area contributed by atoms with Crippen LogP contribution in [0, 0.1) is 27.7 Å². The van der Waals surface area contributed by atoms with Crippen molar-refractivity contribution in [1.29, 1.82) is 0 Å². The largest absolute Gasteiger partial charge is 0.325 e. The molecular weight excluding hydrogens is 350 g/mol. The van der Waals surface area contributed by atoms with Crippen molar-refractivity contribution in [3.8, 4) is 0 Å². The van der Waals surface area contributed by atoms with E-state index in [9.17, 15) is 4.79 Å². The van der Waals surface area contributed by atoms with Crippen LogP contribution in [0.5, 0.6) is 0 Å². The van der Waals surface area contributed by atoms with Crippen molar-refractivity contribution in [3.05, 3.63) is 46.1 Å². The highest BCUT2D eigenvalue weighted by Crippen LogP contribution is 2.36. The van der Waals surface area contributed by atoms with Crippen LogP contribution in [0.15, 0.2) is 29.3 Å². The van der Waals surface area contributed by atoms with Gasteiger partial charge in [0, 0.05) is 16.0 Å². The molecule has 3 aromatic rings. The predicted octanol–water partition coefficient (Wildman–Crippen LogP) is 5.04. The van der Waals surface area contributed by atoms with Gasteiger partial charge in [0.25, 0.3) is 0 Å². The van der Waals surface area contributed by atoms with E-state index in [2.05, 4.69) is 29.1 Å². The second kappa shape index (κ2) is 7.14. The van der Waals surface area contributed by atoms with E-state index in [0.29, 0.717) is 0 Å². The molecule has 0 fully saturated rings. The van der Waals surface area contributed by atoms with Gasteiger partial charge in [-0.15, -0.1) is 11.3 Å². The summed E-state index contributed by atoms with van der Waals surface area (Å²) in [5.41, 5.74) is 3.11. The third-order valence-electron chi connectivity index (χ3n) is 4.17. The second-order valence-corrected chi connectivity index (χ2v) is 8.64. The van der Waals surface area contributed by atoms with Gasteiger partial charge in [-0.3, -0.25) is 4.79 Å². The quantitative estimate of drug-likeness (QED) is 0.515. The number of fused-ring (bicyclic) bond motifs is 1. The van der Waals surface area contributed by atoms with Crippen molar-refractivity contribution in [2.45, 2.75) is 44.9 Å². The van der Waals surface area contributed by atoms with Crippen molar-refractivity contribution in [2.75, 3.05) is 5.32 Å². The molecule has 25 heavy (non-hydrogen) atoms. The molecule has 1 amide bonds. The molecule has 0 aliphatic rings. The molecule has 0 aliphatic carbocycles. The van der Waals surface area contributed by atoms with Crippen LogP contribution < -0.4 is 5.32 Å². The number of anilines is 1. The van der Waals surface area contributed by atoms with Crippen molar-refractivity contribution in [1.82, 2.24) is 9.97 Å². The monoisotopic (exact) mass is 371 g/mol. The number of aromatic nitrogens is 2. The minimum Gasteiger partial charge on any atom is -0.325 e. The first-order valence-electron chi connectivity index (χ1n) is 8.14. The lowest BCUT2D eigenvalue weighted by Crippen LogP contribution is -2.23. The minimum absolute atomic E-state index is 0.0201. The first kappa shape index (κ1) is 17.9. The molecule has 4 nitrogen and oxygen atoms in total. The van der Waals surface area contributed by atoms with Gasteiger partial charge < -0.3 is 5.32 Å². The molecule has 2 aromatic heterocycles. The van der Waals surface area contributed by atoms with Gasteiger partial charge in [-0.25, -0.2) is 9.97 Å². The van der Waals surface area contributed by atoms with Gasteiger partial charge >= 0.3 is 0 Å². The van der Waals surface area contributed by atoms with E-state index in [0.717, 1.165) is 32.3 Å². The molecule has 0 radical (unpaired) electrons. The summed E-state index contributed by atoms with van der Waals surface area (Å²) < 4.78 is 0. The van der Waals surface area contributed by atoms with Gasteiger partial charge in [0.05, 0.1) is 5.25 Å². The number of hydrogen-bond acceptors (Lipinski definition) is 5. The lowest BCUT2D eigenvalue weighted by Gasteiger charge is -2.14. The minimum atomic E-state index is -0.253. The Morgan fingerprint density at radius 1 is 1.16 bits per heavy atom. The van der Waals surface area contributed by atoms with Gasteiger partial charge in [0.15, 0.2) is 0 Å². The fraction of sp³-hybridized carbons (Fsp3) is 0.316. The van der Waals surface area contributed by atoms with Crippen molar-refractivity contribution in [2.24, 2.45) is 0 Å². The number of rotatable bonds is 4. The molecule has 3 rings (SSSR count). The molecule has 1 unspecified atom stereocenters. The smallest absolute Gasteiger partial charge is 0.237 e. The number of carbonyl (C=O) groups excluding carboxylic acids is 1. The molecule has 1 atom stereocenters. The number of thiophene rings is 1. The van der Waals surface area contributed by atoms with Crippen LogP contribution in [0.3, 0.4) is 0 Å². The maximum atomic E-state index is 12.6. The second-order valence-electron chi connectivity index (χ2n) is 6.10. The highest BCUT2D eigenvalue weighted by atomic mass is 32.2. The highest BCUT2D eigenvalue weighted by Gasteiger charge is 2.20. The fourth-order valence-electron chi connectivity index (χ4n) is 2.57. The Morgan fingerprint density at radius 3 is 2.60 bits per heavy atom. The summed E-state index contributed by atoms with van der Waals surface area (Å²) in [5.74, 6) is 0.719. The normalized spacial score (nSPS) is 12.4. The molecular formula is C19H21N3OS2. The van der Waals surface area contributed by atoms with Gasteiger partial charge in [-0.2, -0.15) is 0 Å². The van der Waals surface area contributed by atoms with Crippen molar-refractivity contribution < 1.29 is 4.79 Å². The number of thioether (sulfide) groups is 1. The molecule has 130 valence electrons. The topological polar surface area (TPSA) is 54.9 Å². The standard InChI is InChI=1S/C19H21N3OS2/c1-10-8-6-7-9-15(10)22-17(23)13(4)25-19-16-11(2)12(3)24-18(16)20-14(5)21-19/h6-9,13H,1-5H3,(H,22,23). The van der Waals surface area contributed by atoms with Crippen LogP contribution in [0.2, 0.25) is 0 Å². The zero-order valence-corrected chi connectivity index (χ0v) is 16.6. The summed E-state index contributed by atoms with van der Waals surface area (Å²) in [6, 6.07) is 7.80. The first-order valence-corrected chi connectivity index (χ1v) is 9.84. The van der Waals surface area contributed by atoms with E-state index < -0.39 is 0 Å². The molecule has 1 aromatic carbocycles. The molecule has 0 saturated carbocycles. The maximum Gasteiger partial charge on any atom is 0.237 e. The zero-order valence-electron chi connectivity index (χ0n) is 15.0. The van der Waals surface area contributed by atoms with Crippen LogP contribution in [-0.4, -0.2) is 21.1 Å². The van der Waals surface area contributed by atoms with E-state index in [4.69, 9.17) is 0 Å². The molecule has 0 saturated heterocycles. The lowest BCUT2D eigenvalue weighted by atomic mass is 10.2.